The van der Waals surface area contributed by atoms with Crippen LogP contribution in [-0.4, -0.2) is 16.7 Å². The first-order chi connectivity index (χ1) is 9.47. The Hall–Kier alpha value is -2.37. The van der Waals surface area contributed by atoms with Crippen LogP contribution in [0.5, 0.6) is 0 Å². The van der Waals surface area contributed by atoms with E-state index < -0.39 is 5.91 Å². The number of para-hydroxylation sites is 2. The van der Waals surface area contributed by atoms with Crippen molar-refractivity contribution in [3.63, 3.8) is 0 Å². The summed E-state index contributed by atoms with van der Waals surface area (Å²) in [5.74, 6) is -0.526. The molecule has 106 valence electrons. The van der Waals surface area contributed by atoms with Crippen LogP contribution in [-0.2, 0) is 0 Å². The van der Waals surface area contributed by atoms with Crippen LogP contribution in [0.15, 0.2) is 24.3 Å². The minimum atomic E-state index is -0.526. The van der Waals surface area contributed by atoms with E-state index in [9.17, 15) is 14.9 Å². The number of amides is 1. The fourth-order valence-corrected chi connectivity index (χ4v) is 2.00. The lowest BCUT2D eigenvalue weighted by Crippen LogP contribution is -2.40. The van der Waals surface area contributed by atoms with Crippen LogP contribution >= 0.6 is 0 Å². The fourth-order valence-electron chi connectivity index (χ4n) is 2.00. The van der Waals surface area contributed by atoms with E-state index in [2.05, 4.69) is 5.32 Å². The Balaban J connectivity index is 2.65. The third kappa shape index (κ3) is 2.24. The summed E-state index contributed by atoms with van der Waals surface area (Å²) in [5.41, 5.74) is 0.376. The smallest absolute Gasteiger partial charge is 0.346 e. The van der Waals surface area contributed by atoms with Crippen molar-refractivity contribution in [2.24, 2.45) is 0 Å². The Morgan fingerprint density at radius 1 is 1.45 bits per heavy atom. The molecular formula is C14H17N3O3. The summed E-state index contributed by atoms with van der Waals surface area (Å²) in [6.07, 6.45) is 0.745. The van der Waals surface area contributed by atoms with Gasteiger partial charge in [0.05, 0.1) is 10.1 Å². The van der Waals surface area contributed by atoms with Crippen molar-refractivity contribution >= 4 is 16.9 Å². The van der Waals surface area contributed by atoms with Gasteiger partial charge >= 0.3 is 11.6 Å². The average molecular weight is 275 g/mol. The summed E-state index contributed by atoms with van der Waals surface area (Å²) in [5, 5.41) is 14.9. The van der Waals surface area contributed by atoms with Crippen molar-refractivity contribution in [3.05, 3.63) is 45.8 Å². The van der Waals surface area contributed by atoms with Crippen molar-refractivity contribution in [2.45, 2.75) is 33.2 Å². The average Bonchev–Trinajstić information content (AvgIpc) is 2.45. The van der Waals surface area contributed by atoms with Gasteiger partial charge in [0.15, 0.2) is 0 Å². The lowest BCUT2D eigenvalue weighted by Gasteiger charge is -2.17. The lowest BCUT2D eigenvalue weighted by molar-refractivity contribution is -0.468. The summed E-state index contributed by atoms with van der Waals surface area (Å²) < 4.78 is 1.14. The molecular weight excluding hydrogens is 258 g/mol. The molecule has 0 fully saturated rings. The van der Waals surface area contributed by atoms with Crippen LogP contribution in [0, 0.1) is 17.0 Å². The van der Waals surface area contributed by atoms with Gasteiger partial charge in [-0.2, -0.15) is 0 Å². The van der Waals surface area contributed by atoms with Crippen LogP contribution in [0.4, 0.5) is 0 Å². The van der Waals surface area contributed by atoms with Crippen LogP contribution in [0.1, 0.15) is 36.5 Å². The van der Waals surface area contributed by atoms with Gasteiger partial charge < -0.3 is 15.3 Å². The van der Waals surface area contributed by atoms with Crippen molar-refractivity contribution in [3.8, 4) is 0 Å². The minimum absolute atomic E-state index is 0.0616. The lowest BCUT2D eigenvalue weighted by atomic mass is 10.2. The molecule has 1 atom stereocenters. The molecule has 1 N–H and O–H groups in total. The van der Waals surface area contributed by atoms with Gasteiger partial charge in [0, 0.05) is 17.0 Å². The van der Waals surface area contributed by atoms with Crippen molar-refractivity contribution < 1.29 is 9.22 Å². The minimum Gasteiger partial charge on any atom is -0.805 e. The van der Waals surface area contributed by atoms with E-state index in [1.807, 2.05) is 13.8 Å². The molecule has 0 aliphatic heterocycles. The summed E-state index contributed by atoms with van der Waals surface area (Å²) in [4.78, 5) is 24.5. The maximum Gasteiger partial charge on any atom is 0.346 e. The molecule has 2 rings (SSSR count). The van der Waals surface area contributed by atoms with Crippen LogP contribution in [0.3, 0.4) is 0 Å². The van der Waals surface area contributed by atoms with E-state index >= 15 is 0 Å². The van der Waals surface area contributed by atoms with Crippen LogP contribution in [0.2, 0.25) is 0 Å². The maximum atomic E-state index is 12.3. The van der Waals surface area contributed by atoms with Gasteiger partial charge in [0.2, 0.25) is 0 Å². The maximum absolute atomic E-state index is 12.3. The normalized spacial score (nSPS) is 12.3. The molecule has 6 heteroatoms. The molecule has 0 aliphatic carbocycles. The highest BCUT2D eigenvalue weighted by Crippen LogP contribution is 2.13. The van der Waals surface area contributed by atoms with Gasteiger partial charge in [-0.05, 0) is 26.3 Å². The number of nitrogens with one attached hydrogen (secondary N) is 1. The molecule has 0 saturated carbocycles. The molecule has 1 amide bonds. The van der Waals surface area contributed by atoms with E-state index in [1.165, 1.54) is 13.0 Å². The Bertz CT molecular complexity index is 721. The van der Waals surface area contributed by atoms with E-state index in [-0.39, 0.29) is 28.5 Å². The molecule has 1 unspecified atom stereocenters. The number of aromatic nitrogens is 2. The standard InChI is InChI=1S/C14H17N3O3/c1-4-9(2)15-14(18)13-10(3)16(19)11-7-5-6-8-12(11)17(13)20/h5-9H,4H2,1-3H3,(H,15,18). The second-order valence-corrected chi connectivity index (χ2v) is 4.79. The zero-order chi connectivity index (χ0) is 14.9. The van der Waals surface area contributed by atoms with Crippen LogP contribution in [0.25, 0.3) is 11.0 Å². The van der Waals surface area contributed by atoms with E-state index in [0.29, 0.717) is 9.16 Å². The van der Waals surface area contributed by atoms with Crippen molar-refractivity contribution in [1.29, 1.82) is 0 Å². The van der Waals surface area contributed by atoms with Crippen molar-refractivity contribution in [1.82, 2.24) is 10.0 Å². The summed E-state index contributed by atoms with van der Waals surface area (Å²) in [6.45, 7) is 5.24. The number of carbonyl (C=O) groups excluding carboxylic acids is 1. The third-order valence-corrected chi connectivity index (χ3v) is 3.37. The quantitative estimate of drug-likeness (QED) is 0.866. The van der Waals surface area contributed by atoms with Gasteiger partial charge in [0.25, 0.3) is 5.52 Å². The largest absolute Gasteiger partial charge is 0.805 e. The molecule has 0 saturated heterocycles. The van der Waals surface area contributed by atoms with Gasteiger partial charge in [-0.1, -0.05) is 19.1 Å². The highest BCUT2D eigenvalue weighted by molar-refractivity contribution is 5.93. The molecule has 0 spiro atoms. The van der Waals surface area contributed by atoms with Crippen molar-refractivity contribution in [2.75, 3.05) is 0 Å². The first kappa shape index (κ1) is 14.0. The molecule has 0 aliphatic rings. The van der Waals surface area contributed by atoms with Gasteiger partial charge in [0.1, 0.15) is 5.52 Å². The zero-order valence-corrected chi connectivity index (χ0v) is 11.7. The van der Waals surface area contributed by atoms with E-state index in [1.54, 1.807) is 18.2 Å². The highest BCUT2D eigenvalue weighted by Gasteiger charge is 2.27. The van der Waals surface area contributed by atoms with Gasteiger partial charge in [-0.3, -0.25) is 4.79 Å². The van der Waals surface area contributed by atoms with E-state index in [0.717, 1.165) is 6.42 Å². The predicted molar refractivity (Wildman–Crippen MR) is 76.0 cm³/mol. The highest BCUT2D eigenvalue weighted by atomic mass is 16.5. The number of hydrogen-bond acceptors (Lipinski definition) is 3. The Morgan fingerprint density at radius 2 is 2.10 bits per heavy atom. The topological polar surface area (TPSA) is 80.1 Å². The molecule has 2 aromatic rings. The molecule has 0 bridgehead atoms. The van der Waals surface area contributed by atoms with Crippen LogP contribution < -0.4 is 9.74 Å². The number of nitrogens with zero attached hydrogens (tertiary/aromatic N) is 2. The van der Waals surface area contributed by atoms with Gasteiger partial charge in [-0.15, -0.1) is 0 Å². The summed E-state index contributed by atoms with van der Waals surface area (Å²) in [7, 11) is 0. The number of rotatable bonds is 3. The number of fused-ring (bicyclic) bond motifs is 1. The van der Waals surface area contributed by atoms with Gasteiger partial charge in [-0.25, -0.2) is 0 Å². The predicted octanol–water partition coefficient (Wildman–Crippen LogP) is 1.74. The second kappa shape index (κ2) is 5.32. The summed E-state index contributed by atoms with van der Waals surface area (Å²) >= 11 is 0. The SMILES string of the molecule is CCC(C)NC(=O)c1c(C)n([O-])c2ccccc2[n+]1=O. The number of hydrogen-bond donors (Lipinski definition) is 1. The molecule has 0 radical (unpaired) electrons. The number of carbonyl (C=O) groups is 1. The molecule has 6 nitrogen and oxygen atoms in total. The first-order valence-corrected chi connectivity index (χ1v) is 6.52. The Morgan fingerprint density at radius 3 is 2.75 bits per heavy atom. The zero-order valence-electron chi connectivity index (χ0n) is 11.7. The Kier molecular flexibility index (Phi) is 3.74. The summed E-state index contributed by atoms with van der Waals surface area (Å²) in [6, 6.07) is 6.35. The monoisotopic (exact) mass is 275 g/mol. The molecule has 1 aromatic heterocycles. The molecule has 20 heavy (non-hydrogen) atoms. The fraction of sp³-hybridized carbons (Fsp3) is 0.357. The Labute approximate surface area is 116 Å². The second-order valence-electron chi connectivity index (χ2n) is 4.79. The first-order valence-electron chi connectivity index (χ1n) is 6.52. The van der Waals surface area contributed by atoms with E-state index in [4.69, 9.17) is 0 Å². The molecule has 1 aromatic carbocycles. The third-order valence-electron chi connectivity index (χ3n) is 3.37. The number of benzene rings is 1. The molecule has 1 heterocycles.